The standard InChI is InChI=1S/C22H21N3O2S/c26-21(19-9-5-12-23-15-19)25-22(28)24-13-11-17-8-4-10-20(14-17)27-16-18-6-2-1-3-7-18/h1-10,12,14-15H,11,13,16H2,(H2,24,25,26,28). The topological polar surface area (TPSA) is 63.2 Å². The first kappa shape index (κ1) is 19.5. The third-order valence-electron chi connectivity index (χ3n) is 4.00. The van der Waals surface area contributed by atoms with Gasteiger partial charge in [0.2, 0.25) is 0 Å². The van der Waals surface area contributed by atoms with Crippen LogP contribution in [0.15, 0.2) is 79.1 Å². The molecule has 0 spiro atoms. The van der Waals surface area contributed by atoms with Crippen LogP contribution in [0.2, 0.25) is 0 Å². The second-order valence-corrected chi connectivity index (χ2v) is 6.53. The number of thiocarbonyl (C=S) groups is 1. The van der Waals surface area contributed by atoms with Gasteiger partial charge in [0.1, 0.15) is 12.4 Å². The lowest BCUT2D eigenvalue weighted by atomic mass is 10.1. The number of aromatic nitrogens is 1. The van der Waals surface area contributed by atoms with Crippen LogP contribution in [0, 0.1) is 0 Å². The molecular formula is C22H21N3O2S. The average Bonchev–Trinajstić information content (AvgIpc) is 2.74. The smallest absolute Gasteiger partial charge is 0.258 e. The molecular weight excluding hydrogens is 370 g/mol. The van der Waals surface area contributed by atoms with Gasteiger partial charge in [-0.05, 0) is 54.0 Å². The van der Waals surface area contributed by atoms with Gasteiger partial charge >= 0.3 is 0 Å². The summed E-state index contributed by atoms with van der Waals surface area (Å²) in [6, 6.07) is 21.4. The van der Waals surface area contributed by atoms with E-state index in [0.717, 1.165) is 23.3 Å². The van der Waals surface area contributed by atoms with E-state index in [0.29, 0.717) is 23.8 Å². The van der Waals surface area contributed by atoms with E-state index >= 15 is 0 Å². The van der Waals surface area contributed by atoms with E-state index in [1.165, 1.54) is 6.20 Å². The Morgan fingerprint density at radius 1 is 1.00 bits per heavy atom. The van der Waals surface area contributed by atoms with E-state index in [9.17, 15) is 4.79 Å². The number of rotatable bonds is 7. The second-order valence-electron chi connectivity index (χ2n) is 6.12. The Kier molecular flexibility index (Phi) is 7.09. The Morgan fingerprint density at radius 3 is 2.61 bits per heavy atom. The van der Waals surface area contributed by atoms with Crippen molar-refractivity contribution < 1.29 is 9.53 Å². The van der Waals surface area contributed by atoms with Gasteiger partial charge in [-0.15, -0.1) is 0 Å². The van der Waals surface area contributed by atoms with Crippen molar-refractivity contribution >= 4 is 23.2 Å². The molecule has 0 fully saturated rings. The average molecular weight is 391 g/mol. The zero-order valence-electron chi connectivity index (χ0n) is 15.3. The fourth-order valence-electron chi connectivity index (χ4n) is 2.57. The normalized spacial score (nSPS) is 10.1. The summed E-state index contributed by atoms with van der Waals surface area (Å²) in [4.78, 5) is 15.9. The van der Waals surface area contributed by atoms with Gasteiger partial charge in [-0.3, -0.25) is 15.1 Å². The lowest BCUT2D eigenvalue weighted by Crippen LogP contribution is -2.40. The first-order chi connectivity index (χ1) is 13.7. The van der Waals surface area contributed by atoms with Gasteiger partial charge in [-0.25, -0.2) is 0 Å². The minimum absolute atomic E-state index is 0.276. The number of carbonyl (C=O) groups excluding carboxylic acids is 1. The van der Waals surface area contributed by atoms with Crippen LogP contribution >= 0.6 is 12.2 Å². The number of benzene rings is 2. The van der Waals surface area contributed by atoms with Crippen molar-refractivity contribution in [1.29, 1.82) is 0 Å². The van der Waals surface area contributed by atoms with Crippen molar-refractivity contribution in [3.05, 3.63) is 95.8 Å². The molecule has 0 aliphatic rings. The number of nitrogens with one attached hydrogen (secondary N) is 2. The van der Waals surface area contributed by atoms with Crippen LogP contribution < -0.4 is 15.4 Å². The zero-order chi connectivity index (χ0) is 19.6. The van der Waals surface area contributed by atoms with Crippen molar-refractivity contribution in [2.45, 2.75) is 13.0 Å². The maximum atomic E-state index is 12.0. The van der Waals surface area contributed by atoms with Crippen LogP contribution in [0.1, 0.15) is 21.5 Å². The van der Waals surface area contributed by atoms with Gasteiger partial charge in [0.15, 0.2) is 5.11 Å². The summed E-state index contributed by atoms with van der Waals surface area (Å²) in [5.74, 6) is 0.552. The molecule has 0 saturated carbocycles. The number of hydrogen-bond donors (Lipinski definition) is 2. The lowest BCUT2D eigenvalue weighted by Gasteiger charge is -2.11. The summed E-state index contributed by atoms with van der Waals surface area (Å²) in [5, 5.41) is 5.99. The molecule has 142 valence electrons. The van der Waals surface area contributed by atoms with Gasteiger partial charge < -0.3 is 10.1 Å². The number of ether oxygens (including phenoxy) is 1. The first-order valence-electron chi connectivity index (χ1n) is 8.95. The van der Waals surface area contributed by atoms with E-state index in [2.05, 4.69) is 15.6 Å². The number of hydrogen-bond acceptors (Lipinski definition) is 4. The summed E-state index contributed by atoms with van der Waals surface area (Å²) in [6.45, 7) is 1.14. The largest absolute Gasteiger partial charge is 0.489 e. The number of nitrogens with zero attached hydrogens (tertiary/aromatic N) is 1. The minimum atomic E-state index is -0.276. The SMILES string of the molecule is O=C(NC(=S)NCCc1cccc(OCc2ccccc2)c1)c1cccnc1. The van der Waals surface area contributed by atoms with Gasteiger partial charge in [0.25, 0.3) is 5.91 Å². The highest BCUT2D eigenvalue weighted by Gasteiger charge is 2.07. The van der Waals surface area contributed by atoms with E-state index in [-0.39, 0.29) is 5.91 Å². The molecule has 0 atom stereocenters. The van der Waals surface area contributed by atoms with Crippen LogP contribution in [-0.2, 0) is 13.0 Å². The third-order valence-corrected chi connectivity index (χ3v) is 4.24. The Morgan fingerprint density at radius 2 is 1.82 bits per heavy atom. The first-order valence-corrected chi connectivity index (χ1v) is 9.36. The molecule has 3 rings (SSSR count). The van der Waals surface area contributed by atoms with Gasteiger partial charge in [-0.1, -0.05) is 42.5 Å². The molecule has 1 heterocycles. The molecule has 2 aromatic carbocycles. The summed E-state index contributed by atoms with van der Waals surface area (Å²) in [6.07, 6.45) is 3.87. The maximum absolute atomic E-state index is 12.0. The van der Waals surface area contributed by atoms with Gasteiger partial charge in [0.05, 0.1) is 5.56 Å². The number of carbonyl (C=O) groups is 1. The van der Waals surface area contributed by atoms with Crippen molar-refractivity contribution in [3.8, 4) is 5.75 Å². The molecule has 28 heavy (non-hydrogen) atoms. The molecule has 5 nitrogen and oxygen atoms in total. The molecule has 0 unspecified atom stereocenters. The summed E-state index contributed by atoms with van der Waals surface area (Å²) < 4.78 is 5.85. The molecule has 3 aromatic rings. The number of amides is 1. The fourth-order valence-corrected chi connectivity index (χ4v) is 2.76. The summed E-state index contributed by atoms with van der Waals surface area (Å²) in [7, 11) is 0. The van der Waals surface area contributed by atoms with Crippen LogP contribution in [0.25, 0.3) is 0 Å². The Labute approximate surface area is 169 Å². The van der Waals surface area contributed by atoms with Gasteiger partial charge in [-0.2, -0.15) is 0 Å². The molecule has 0 aliphatic heterocycles. The highest BCUT2D eigenvalue weighted by molar-refractivity contribution is 7.80. The summed E-state index contributed by atoms with van der Waals surface area (Å²) >= 11 is 5.18. The Hall–Kier alpha value is -3.25. The molecule has 2 N–H and O–H groups in total. The number of pyridine rings is 1. The van der Waals surface area contributed by atoms with E-state index in [1.54, 1.807) is 18.3 Å². The van der Waals surface area contributed by atoms with Crippen molar-refractivity contribution in [3.63, 3.8) is 0 Å². The predicted octanol–water partition coefficient (Wildman–Crippen LogP) is 3.51. The van der Waals surface area contributed by atoms with E-state index < -0.39 is 0 Å². The highest BCUT2D eigenvalue weighted by Crippen LogP contribution is 2.15. The molecule has 1 aromatic heterocycles. The Balaban J connectivity index is 1.43. The molecule has 0 aliphatic carbocycles. The molecule has 0 bridgehead atoms. The van der Waals surface area contributed by atoms with Gasteiger partial charge in [0, 0.05) is 18.9 Å². The minimum Gasteiger partial charge on any atom is -0.489 e. The molecule has 0 saturated heterocycles. The second kappa shape index (κ2) is 10.2. The van der Waals surface area contributed by atoms with Crippen molar-refractivity contribution in [2.24, 2.45) is 0 Å². The van der Waals surface area contributed by atoms with Crippen LogP contribution in [0.3, 0.4) is 0 Å². The quantitative estimate of drug-likeness (QED) is 0.604. The van der Waals surface area contributed by atoms with Crippen LogP contribution in [0.4, 0.5) is 0 Å². The monoisotopic (exact) mass is 391 g/mol. The third kappa shape index (κ3) is 6.17. The molecule has 0 radical (unpaired) electrons. The van der Waals surface area contributed by atoms with Crippen molar-refractivity contribution in [2.75, 3.05) is 6.54 Å². The van der Waals surface area contributed by atoms with Crippen molar-refractivity contribution in [1.82, 2.24) is 15.6 Å². The fraction of sp³-hybridized carbons (Fsp3) is 0.136. The van der Waals surface area contributed by atoms with E-state index in [4.69, 9.17) is 17.0 Å². The predicted molar refractivity (Wildman–Crippen MR) is 113 cm³/mol. The Bertz CT molecular complexity index is 917. The maximum Gasteiger partial charge on any atom is 0.258 e. The zero-order valence-corrected chi connectivity index (χ0v) is 16.1. The molecule has 1 amide bonds. The lowest BCUT2D eigenvalue weighted by molar-refractivity contribution is 0.0976. The molecule has 6 heteroatoms. The summed E-state index contributed by atoms with van der Waals surface area (Å²) in [5.41, 5.74) is 2.72. The highest BCUT2D eigenvalue weighted by atomic mass is 32.1. The van der Waals surface area contributed by atoms with Crippen LogP contribution in [-0.4, -0.2) is 22.5 Å². The van der Waals surface area contributed by atoms with E-state index in [1.807, 2.05) is 54.6 Å². The van der Waals surface area contributed by atoms with Crippen LogP contribution in [0.5, 0.6) is 5.75 Å².